The molecule has 122 valence electrons. The highest BCUT2D eigenvalue weighted by molar-refractivity contribution is 8.68. The largest absolute Gasteiger partial charge is 0.469 e. The molecule has 0 aromatic heterocycles. The summed E-state index contributed by atoms with van der Waals surface area (Å²) in [6.07, 6.45) is -0.00726. The summed E-state index contributed by atoms with van der Waals surface area (Å²) in [5, 5.41) is -0.579. The van der Waals surface area contributed by atoms with Crippen LogP contribution in [0.3, 0.4) is 0 Å². The van der Waals surface area contributed by atoms with Gasteiger partial charge in [-0.1, -0.05) is 39.1 Å². The van der Waals surface area contributed by atoms with Crippen LogP contribution < -0.4 is 0 Å². The van der Waals surface area contributed by atoms with E-state index in [0.717, 1.165) is 0 Å². The molecule has 5 nitrogen and oxygen atoms in total. The smallest absolute Gasteiger partial charge is 0.307 e. The molecule has 1 atom stereocenters. The lowest BCUT2D eigenvalue weighted by molar-refractivity contribution is -0.141. The van der Waals surface area contributed by atoms with Gasteiger partial charge in [0.25, 0.3) is 0 Å². The van der Waals surface area contributed by atoms with Gasteiger partial charge in [-0.05, 0) is 11.8 Å². The minimum absolute atomic E-state index is 0.00726. The maximum Gasteiger partial charge on any atom is 0.307 e. The number of hydrogen-bond donors (Lipinski definition) is 0. The van der Waals surface area contributed by atoms with E-state index in [0.29, 0.717) is 13.2 Å². The van der Waals surface area contributed by atoms with E-state index in [1.165, 1.54) is 18.5 Å². The first kappa shape index (κ1) is 19.1. The average molecular weight is 354 g/mol. The molecule has 21 heavy (non-hydrogen) atoms. The Morgan fingerprint density at radius 1 is 1.33 bits per heavy atom. The molecule has 1 fully saturated rings. The Hall–Kier alpha value is 0.0600. The molecule has 1 aliphatic rings. The second kappa shape index (κ2) is 7.55. The van der Waals surface area contributed by atoms with Gasteiger partial charge in [-0.2, -0.15) is 0 Å². The van der Waals surface area contributed by atoms with Gasteiger partial charge in [0.15, 0.2) is 0 Å². The van der Waals surface area contributed by atoms with Crippen LogP contribution in [-0.2, 0) is 35.2 Å². The predicted octanol–water partition coefficient (Wildman–Crippen LogP) is 3.17. The zero-order chi connectivity index (χ0) is 16.3. The summed E-state index contributed by atoms with van der Waals surface area (Å²) in [5.74, 6) is -0.651. The van der Waals surface area contributed by atoms with Crippen molar-refractivity contribution in [1.82, 2.24) is 0 Å². The standard InChI is InChI=1S/C13H23O5PS2/c1-9(2)12(15)10(6-11(14)16-5)21-19(20)17-7-13(3,4)8-18-19/h9-10H,6-8H2,1-5H3. The highest BCUT2D eigenvalue weighted by atomic mass is 32.9. The van der Waals surface area contributed by atoms with Gasteiger partial charge in [0.2, 0.25) is 5.69 Å². The third kappa shape index (κ3) is 5.99. The van der Waals surface area contributed by atoms with Crippen molar-refractivity contribution in [2.45, 2.75) is 39.4 Å². The Balaban J connectivity index is 2.79. The molecule has 0 aromatic rings. The zero-order valence-corrected chi connectivity index (χ0v) is 15.6. The highest BCUT2D eigenvalue weighted by Crippen LogP contribution is 2.66. The van der Waals surface area contributed by atoms with Crippen molar-refractivity contribution in [3.63, 3.8) is 0 Å². The molecule has 0 amide bonds. The van der Waals surface area contributed by atoms with E-state index in [2.05, 4.69) is 4.74 Å². The third-order valence-electron chi connectivity index (χ3n) is 2.95. The molecule has 0 radical (unpaired) electrons. The molecule has 0 aromatic carbocycles. The molecule has 0 spiro atoms. The highest BCUT2D eigenvalue weighted by Gasteiger charge is 2.38. The topological polar surface area (TPSA) is 61.8 Å². The van der Waals surface area contributed by atoms with Crippen LogP contribution >= 0.6 is 17.1 Å². The molecule has 1 rings (SSSR count). The van der Waals surface area contributed by atoms with Gasteiger partial charge < -0.3 is 13.8 Å². The van der Waals surface area contributed by atoms with E-state index in [9.17, 15) is 9.59 Å². The minimum Gasteiger partial charge on any atom is -0.469 e. The van der Waals surface area contributed by atoms with Crippen molar-refractivity contribution in [2.24, 2.45) is 11.3 Å². The minimum atomic E-state index is -2.59. The number of ether oxygens (including phenoxy) is 1. The van der Waals surface area contributed by atoms with E-state index in [1.807, 2.05) is 13.8 Å². The van der Waals surface area contributed by atoms with E-state index < -0.39 is 16.9 Å². The van der Waals surface area contributed by atoms with Crippen molar-refractivity contribution in [3.8, 4) is 0 Å². The van der Waals surface area contributed by atoms with Gasteiger partial charge in [-0.25, -0.2) is 0 Å². The fourth-order valence-electron chi connectivity index (χ4n) is 1.60. The molecule has 8 heteroatoms. The van der Waals surface area contributed by atoms with Crippen LogP contribution in [0.4, 0.5) is 0 Å². The van der Waals surface area contributed by atoms with Gasteiger partial charge in [-0.3, -0.25) is 9.59 Å². The molecule has 1 heterocycles. The van der Waals surface area contributed by atoms with Crippen LogP contribution in [0.25, 0.3) is 0 Å². The van der Waals surface area contributed by atoms with Crippen molar-refractivity contribution in [2.75, 3.05) is 20.3 Å². The normalized spacial score (nSPS) is 21.8. The van der Waals surface area contributed by atoms with Crippen LogP contribution in [0.2, 0.25) is 0 Å². The van der Waals surface area contributed by atoms with Crippen molar-refractivity contribution in [3.05, 3.63) is 0 Å². The maximum absolute atomic E-state index is 12.3. The lowest BCUT2D eigenvalue weighted by Gasteiger charge is -2.37. The molecule has 0 bridgehead atoms. The van der Waals surface area contributed by atoms with E-state index in [4.69, 9.17) is 20.9 Å². The van der Waals surface area contributed by atoms with Crippen molar-refractivity contribution >= 4 is 40.6 Å². The second-order valence-electron chi connectivity index (χ2n) is 6.09. The van der Waals surface area contributed by atoms with Gasteiger partial charge in [0, 0.05) is 11.3 Å². The monoisotopic (exact) mass is 354 g/mol. The Labute approximate surface area is 135 Å². The van der Waals surface area contributed by atoms with Crippen LogP contribution in [0, 0.1) is 11.3 Å². The van der Waals surface area contributed by atoms with E-state index in [1.54, 1.807) is 13.8 Å². The Bertz CT molecular complexity index is 436. The molecule has 1 unspecified atom stereocenters. The van der Waals surface area contributed by atoms with E-state index >= 15 is 0 Å². The summed E-state index contributed by atoms with van der Waals surface area (Å²) in [6, 6.07) is 0. The Morgan fingerprint density at radius 3 is 2.29 bits per heavy atom. The molecule has 0 N–H and O–H groups in total. The van der Waals surface area contributed by atoms with Gasteiger partial charge >= 0.3 is 5.97 Å². The zero-order valence-electron chi connectivity index (χ0n) is 13.1. The van der Waals surface area contributed by atoms with Crippen LogP contribution in [0.15, 0.2) is 0 Å². The SMILES string of the molecule is COC(=O)CC(SP1(=S)OCC(C)(C)CO1)C(=O)C(C)C. The quantitative estimate of drug-likeness (QED) is 0.536. The fraction of sp³-hybridized carbons (Fsp3) is 0.846. The summed E-state index contributed by atoms with van der Waals surface area (Å²) in [5.41, 5.74) is -2.67. The number of carbonyl (C=O) groups excluding carboxylic acids is 2. The van der Waals surface area contributed by atoms with Gasteiger partial charge in [0.05, 0.1) is 32.0 Å². The van der Waals surface area contributed by atoms with Crippen molar-refractivity contribution < 1.29 is 23.4 Å². The lowest BCUT2D eigenvalue weighted by Crippen LogP contribution is -2.30. The second-order valence-corrected chi connectivity index (χ2v) is 12.5. The number of hydrogen-bond acceptors (Lipinski definition) is 7. The Kier molecular flexibility index (Phi) is 6.87. The predicted molar refractivity (Wildman–Crippen MR) is 87.8 cm³/mol. The molecule has 0 saturated carbocycles. The number of esters is 1. The molecule has 1 aliphatic heterocycles. The van der Waals surface area contributed by atoms with Crippen LogP contribution in [-0.4, -0.2) is 37.3 Å². The number of carbonyl (C=O) groups is 2. The van der Waals surface area contributed by atoms with Gasteiger partial charge in [-0.15, -0.1) is 0 Å². The molecule has 0 aliphatic carbocycles. The maximum atomic E-state index is 12.3. The first-order valence-corrected chi connectivity index (χ1v) is 10.9. The molecular formula is C13H23O5PS2. The molecular weight excluding hydrogens is 331 g/mol. The summed E-state index contributed by atoms with van der Waals surface area (Å²) >= 11 is 6.63. The average Bonchev–Trinajstić information content (AvgIpc) is 2.41. The van der Waals surface area contributed by atoms with Gasteiger partial charge in [0.1, 0.15) is 5.78 Å². The third-order valence-corrected chi connectivity index (χ3v) is 8.33. The molecule has 1 saturated heterocycles. The summed E-state index contributed by atoms with van der Waals surface area (Å²) in [7, 11) is 1.30. The summed E-state index contributed by atoms with van der Waals surface area (Å²) in [6.45, 7) is 8.65. The Morgan fingerprint density at radius 2 is 1.86 bits per heavy atom. The number of Topliss-reactive ketones (excluding diaryl/α,β-unsaturated/α-hetero) is 1. The van der Waals surface area contributed by atoms with Crippen molar-refractivity contribution in [1.29, 1.82) is 0 Å². The summed E-state index contributed by atoms with van der Waals surface area (Å²) in [4.78, 5) is 23.8. The van der Waals surface area contributed by atoms with Crippen LogP contribution in [0.5, 0.6) is 0 Å². The first-order valence-electron chi connectivity index (χ1n) is 6.76. The first-order chi connectivity index (χ1) is 9.58. The number of methoxy groups -OCH3 is 1. The fourth-order valence-corrected chi connectivity index (χ4v) is 7.11. The number of ketones is 1. The van der Waals surface area contributed by atoms with E-state index in [-0.39, 0.29) is 23.5 Å². The van der Waals surface area contributed by atoms with Crippen LogP contribution in [0.1, 0.15) is 34.1 Å². The summed E-state index contributed by atoms with van der Waals surface area (Å²) < 4.78 is 16.1. The number of rotatable bonds is 6. The lowest BCUT2D eigenvalue weighted by atomic mass is 9.97.